The van der Waals surface area contributed by atoms with Crippen molar-refractivity contribution in [1.82, 2.24) is 20.1 Å². The van der Waals surface area contributed by atoms with Gasteiger partial charge in [0.15, 0.2) is 11.0 Å². The van der Waals surface area contributed by atoms with E-state index < -0.39 is 0 Å². The van der Waals surface area contributed by atoms with Crippen molar-refractivity contribution in [3.05, 3.63) is 99.8 Å². The highest BCUT2D eigenvalue weighted by Gasteiger charge is 2.18. The number of aromatic nitrogens is 3. The lowest BCUT2D eigenvalue weighted by Crippen LogP contribution is -2.24. The first-order valence-corrected chi connectivity index (χ1v) is 12.7. The van der Waals surface area contributed by atoms with Crippen molar-refractivity contribution in [2.24, 2.45) is 0 Å². The van der Waals surface area contributed by atoms with Gasteiger partial charge in [0.1, 0.15) is 0 Å². The molecule has 2 amide bonds. The lowest BCUT2D eigenvalue weighted by molar-refractivity contribution is -0.113. The van der Waals surface area contributed by atoms with Crippen LogP contribution in [0.5, 0.6) is 0 Å². The molecule has 0 aliphatic rings. The Balaban J connectivity index is 1.52. The Kier molecular flexibility index (Phi) is 8.07. The lowest BCUT2D eigenvalue weighted by atomic mass is 10.1. The zero-order valence-corrected chi connectivity index (χ0v) is 21.8. The highest BCUT2D eigenvalue weighted by molar-refractivity contribution is 7.99. The second-order valence-corrected chi connectivity index (χ2v) is 9.80. The molecule has 4 rings (SSSR count). The van der Waals surface area contributed by atoms with Gasteiger partial charge in [-0.15, -0.1) is 10.2 Å². The third kappa shape index (κ3) is 6.33. The van der Waals surface area contributed by atoms with Gasteiger partial charge in [0, 0.05) is 16.3 Å². The van der Waals surface area contributed by atoms with Gasteiger partial charge >= 0.3 is 0 Å². The normalized spacial score (nSPS) is 10.8. The van der Waals surface area contributed by atoms with Crippen molar-refractivity contribution in [2.75, 3.05) is 11.1 Å². The fraction of sp³-hybridized carbons (Fsp3) is 0.185. The Morgan fingerprint density at radius 2 is 1.72 bits per heavy atom. The summed E-state index contributed by atoms with van der Waals surface area (Å²) in [6.07, 6.45) is 0. The first-order valence-electron chi connectivity index (χ1n) is 11.3. The van der Waals surface area contributed by atoms with E-state index in [2.05, 4.69) is 20.8 Å². The van der Waals surface area contributed by atoms with Gasteiger partial charge < -0.3 is 10.6 Å². The summed E-state index contributed by atoms with van der Waals surface area (Å²) in [6.45, 7) is 6.03. The summed E-state index contributed by atoms with van der Waals surface area (Å²) in [5.41, 5.74) is 5.17. The molecule has 7 nitrogen and oxygen atoms in total. The van der Waals surface area contributed by atoms with Crippen LogP contribution in [-0.4, -0.2) is 32.3 Å². The largest absolute Gasteiger partial charge is 0.345 e. The van der Waals surface area contributed by atoms with Crippen LogP contribution in [0.25, 0.3) is 5.69 Å². The number of benzene rings is 3. The Labute approximate surface area is 219 Å². The van der Waals surface area contributed by atoms with E-state index in [1.165, 1.54) is 11.8 Å². The first-order chi connectivity index (χ1) is 17.3. The average Bonchev–Trinajstić information content (AvgIpc) is 3.26. The summed E-state index contributed by atoms with van der Waals surface area (Å²) in [7, 11) is 0. The van der Waals surface area contributed by atoms with Gasteiger partial charge in [-0.05, 0) is 68.3 Å². The number of nitrogens with zero attached hydrogens (tertiary/aromatic N) is 3. The van der Waals surface area contributed by atoms with Crippen LogP contribution in [0.3, 0.4) is 0 Å². The minimum atomic E-state index is -0.207. The minimum absolute atomic E-state index is 0.141. The highest BCUT2D eigenvalue weighted by Crippen LogP contribution is 2.25. The molecule has 184 valence electrons. The van der Waals surface area contributed by atoms with E-state index in [-0.39, 0.29) is 24.1 Å². The second-order valence-electron chi connectivity index (χ2n) is 8.42. The Morgan fingerprint density at radius 1 is 0.944 bits per heavy atom. The van der Waals surface area contributed by atoms with E-state index in [4.69, 9.17) is 11.6 Å². The molecule has 0 saturated carbocycles. The molecular weight excluding hydrogens is 494 g/mol. The fourth-order valence-electron chi connectivity index (χ4n) is 3.62. The van der Waals surface area contributed by atoms with Gasteiger partial charge in [0.05, 0.1) is 18.0 Å². The third-order valence-corrected chi connectivity index (χ3v) is 6.62. The highest BCUT2D eigenvalue weighted by atomic mass is 35.5. The molecule has 1 heterocycles. The molecule has 0 unspecified atom stereocenters. The lowest BCUT2D eigenvalue weighted by Gasteiger charge is -2.12. The number of nitrogens with one attached hydrogen (secondary N) is 2. The Morgan fingerprint density at radius 3 is 2.50 bits per heavy atom. The van der Waals surface area contributed by atoms with Crippen molar-refractivity contribution in [3.8, 4) is 5.69 Å². The molecule has 3 aromatic carbocycles. The first kappa shape index (κ1) is 25.5. The van der Waals surface area contributed by atoms with Crippen LogP contribution in [0.4, 0.5) is 5.69 Å². The van der Waals surface area contributed by atoms with E-state index in [9.17, 15) is 9.59 Å². The van der Waals surface area contributed by atoms with E-state index in [0.717, 1.165) is 28.1 Å². The molecule has 4 aromatic rings. The zero-order chi connectivity index (χ0) is 25.7. The van der Waals surface area contributed by atoms with Crippen LogP contribution in [-0.2, 0) is 11.3 Å². The van der Waals surface area contributed by atoms with Crippen molar-refractivity contribution < 1.29 is 9.59 Å². The Bertz CT molecular complexity index is 1420. The predicted molar refractivity (Wildman–Crippen MR) is 144 cm³/mol. The van der Waals surface area contributed by atoms with Crippen LogP contribution < -0.4 is 10.6 Å². The van der Waals surface area contributed by atoms with Crippen LogP contribution in [0.15, 0.2) is 71.9 Å². The van der Waals surface area contributed by atoms with Gasteiger partial charge in [-0.2, -0.15) is 0 Å². The number of halogens is 1. The number of carbonyl (C=O) groups is 2. The number of thioether (sulfide) groups is 1. The zero-order valence-electron chi connectivity index (χ0n) is 20.2. The van der Waals surface area contributed by atoms with Gasteiger partial charge in [0.25, 0.3) is 5.91 Å². The van der Waals surface area contributed by atoms with E-state index in [1.54, 1.807) is 22.8 Å². The van der Waals surface area contributed by atoms with Crippen molar-refractivity contribution in [1.29, 1.82) is 0 Å². The standard InChI is InChI=1S/C27H26ClN5O2S/c1-17-6-4-7-20(12-17)26(35)29-15-24-31-32-27(33(24)22-9-5-8-21(28)14-22)36-16-25(34)30-23-13-18(2)10-11-19(23)3/h4-14H,15-16H2,1-3H3,(H,29,35)(H,30,34). The number of aryl methyl sites for hydroxylation is 3. The van der Waals surface area contributed by atoms with Crippen LogP contribution in [0.1, 0.15) is 32.9 Å². The SMILES string of the molecule is Cc1cccc(C(=O)NCc2nnc(SCC(=O)Nc3cc(C)ccc3C)n2-c2cccc(Cl)c2)c1. The number of hydrogen-bond acceptors (Lipinski definition) is 5. The molecule has 0 saturated heterocycles. The molecular formula is C27H26ClN5O2S. The van der Waals surface area contributed by atoms with Gasteiger partial charge in [-0.1, -0.05) is 59.3 Å². The van der Waals surface area contributed by atoms with E-state index in [0.29, 0.717) is 21.6 Å². The number of carbonyl (C=O) groups excluding carboxylic acids is 2. The van der Waals surface area contributed by atoms with Crippen LogP contribution in [0, 0.1) is 20.8 Å². The van der Waals surface area contributed by atoms with Crippen molar-refractivity contribution >= 4 is 40.9 Å². The number of anilines is 1. The molecule has 36 heavy (non-hydrogen) atoms. The molecule has 0 radical (unpaired) electrons. The summed E-state index contributed by atoms with van der Waals surface area (Å²) in [6, 6.07) is 20.6. The monoisotopic (exact) mass is 519 g/mol. The molecule has 0 fully saturated rings. The third-order valence-electron chi connectivity index (χ3n) is 5.45. The summed E-state index contributed by atoms with van der Waals surface area (Å²) < 4.78 is 1.80. The van der Waals surface area contributed by atoms with Gasteiger partial charge in [0.2, 0.25) is 5.91 Å². The quantitative estimate of drug-likeness (QED) is 0.300. The number of rotatable bonds is 8. The second kappa shape index (κ2) is 11.4. The molecule has 0 bridgehead atoms. The van der Waals surface area contributed by atoms with E-state index >= 15 is 0 Å². The molecule has 2 N–H and O–H groups in total. The van der Waals surface area contributed by atoms with Gasteiger partial charge in [-0.25, -0.2) is 0 Å². The smallest absolute Gasteiger partial charge is 0.251 e. The molecule has 1 aromatic heterocycles. The maximum Gasteiger partial charge on any atom is 0.251 e. The maximum atomic E-state index is 12.7. The topological polar surface area (TPSA) is 88.9 Å². The average molecular weight is 520 g/mol. The van der Waals surface area contributed by atoms with Gasteiger partial charge in [-0.3, -0.25) is 14.2 Å². The van der Waals surface area contributed by atoms with E-state index in [1.807, 2.05) is 69.3 Å². The molecule has 0 atom stereocenters. The van der Waals surface area contributed by atoms with Crippen molar-refractivity contribution in [2.45, 2.75) is 32.5 Å². The predicted octanol–water partition coefficient (Wildman–Crippen LogP) is 5.51. The maximum absolute atomic E-state index is 12.7. The number of hydrogen-bond donors (Lipinski definition) is 2. The summed E-state index contributed by atoms with van der Waals surface area (Å²) in [5, 5.41) is 15.5. The van der Waals surface area contributed by atoms with Crippen molar-refractivity contribution in [3.63, 3.8) is 0 Å². The van der Waals surface area contributed by atoms with Crippen LogP contribution in [0.2, 0.25) is 5.02 Å². The Hall–Kier alpha value is -3.62. The molecule has 0 spiro atoms. The molecule has 0 aliphatic heterocycles. The molecule has 9 heteroatoms. The summed E-state index contributed by atoms with van der Waals surface area (Å²) in [4.78, 5) is 25.4. The summed E-state index contributed by atoms with van der Waals surface area (Å²) in [5.74, 6) is 0.308. The summed E-state index contributed by atoms with van der Waals surface area (Å²) >= 11 is 7.50. The number of amides is 2. The van der Waals surface area contributed by atoms with Crippen LogP contribution >= 0.6 is 23.4 Å². The fourth-order valence-corrected chi connectivity index (χ4v) is 4.57. The minimum Gasteiger partial charge on any atom is -0.345 e. The molecule has 0 aliphatic carbocycles.